The van der Waals surface area contributed by atoms with Gasteiger partial charge in [-0.05, 0) is 61.6 Å². The van der Waals surface area contributed by atoms with E-state index in [0.717, 1.165) is 48.0 Å². The minimum atomic E-state index is -3.70. The van der Waals surface area contributed by atoms with Gasteiger partial charge in [0, 0.05) is 6.54 Å². The van der Waals surface area contributed by atoms with E-state index in [2.05, 4.69) is 5.32 Å². The van der Waals surface area contributed by atoms with Gasteiger partial charge in [-0.15, -0.1) is 0 Å². The number of amides is 1. The molecule has 2 aliphatic heterocycles. The molecule has 0 saturated heterocycles. The van der Waals surface area contributed by atoms with Crippen LogP contribution >= 0.6 is 0 Å². The smallest absolute Gasteiger partial charge is 0.269 e. The zero-order valence-corrected chi connectivity index (χ0v) is 18.0. The number of hydrogen-bond donors (Lipinski definition) is 2. The number of rotatable bonds is 7. The van der Waals surface area contributed by atoms with Gasteiger partial charge in [0.05, 0.1) is 12.1 Å². The fourth-order valence-electron chi connectivity index (χ4n) is 3.90. The van der Waals surface area contributed by atoms with E-state index in [1.165, 1.54) is 6.07 Å². The van der Waals surface area contributed by atoms with Crippen molar-refractivity contribution in [3.8, 4) is 11.5 Å². The highest BCUT2D eigenvalue weighted by molar-refractivity contribution is 7.90. The molecule has 4 rings (SSSR count). The van der Waals surface area contributed by atoms with Crippen molar-refractivity contribution in [2.75, 3.05) is 19.6 Å². The molecule has 3 N–H and O–H groups in total. The number of phenolic OH excluding ortho intramolecular Hbond substituents is 1. The van der Waals surface area contributed by atoms with Crippen molar-refractivity contribution in [1.82, 2.24) is 4.31 Å². The second-order valence-corrected chi connectivity index (χ2v) is 9.30. The van der Waals surface area contributed by atoms with Gasteiger partial charge in [0.15, 0.2) is 0 Å². The second kappa shape index (κ2) is 9.24. The average molecular weight is 455 g/mol. The van der Waals surface area contributed by atoms with Crippen molar-refractivity contribution < 1.29 is 40.8 Å². The lowest BCUT2D eigenvalue weighted by Gasteiger charge is -2.25. The largest absolute Gasteiger partial charge is 1.00 e. The number of carbonyl (C=O) groups is 1. The van der Waals surface area contributed by atoms with Crippen LogP contribution in [0.4, 0.5) is 0 Å². The van der Waals surface area contributed by atoms with Crippen LogP contribution in [0, 0.1) is 0 Å². The fraction of sp³-hybridized carbons (Fsp3) is 0.381. The number of halogens is 1. The lowest BCUT2D eigenvalue weighted by Crippen LogP contribution is -3.00. The normalized spacial score (nSPS) is 18.9. The van der Waals surface area contributed by atoms with E-state index >= 15 is 0 Å². The summed E-state index contributed by atoms with van der Waals surface area (Å²) in [5.41, 5.74) is 1.31. The summed E-state index contributed by atoms with van der Waals surface area (Å²) in [6.07, 6.45) is 3.36. The van der Waals surface area contributed by atoms with Crippen LogP contribution in [0.25, 0.3) is 0 Å². The summed E-state index contributed by atoms with van der Waals surface area (Å²) in [5, 5.41) is 11.7. The first-order chi connectivity index (χ1) is 14.0. The van der Waals surface area contributed by atoms with E-state index in [1.807, 2.05) is 6.07 Å². The zero-order valence-electron chi connectivity index (χ0n) is 16.5. The molecule has 30 heavy (non-hydrogen) atoms. The van der Waals surface area contributed by atoms with E-state index < -0.39 is 15.9 Å². The monoisotopic (exact) mass is 454 g/mol. The maximum atomic E-state index is 12.5. The highest BCUT2D eigenvalue weighted by Crippen LogP contribution is 2.31. The van der Waals surface area contributed by atoms with Crippen LogP contribution in [-0.4, -0.2) is 49.5 Å². The van der Waals surface area contributed by atoms with E-state index in [1.54, 1.807) is 30.3 Å². The Bertz CT molecular complexity index is 1030. The standard InChI is InChI=1S/C21H24N2O5S.ClH/c24-16-8-10-19-15(13-16)7-9-17(28-19)14-22-11-3-4-12-23-21(25)18-5-1-2-6-20(18)29(23,26)27;/h1-2,5-6,8,10,13,17,22,24H,3-4,7,9,11-12,14H2;1H/t17-;/m1./s1/i7+2;. The number of unbranched alkanes of at least 4 members (excludes halogenated alkanes) is 1. The zero-order chi connectivity index (χ0) is 20.4. The molecule has 1 atom stereocenters. The molecule has 0 spiro atoms. The Labute approximate surface area is 182 Å². The highest BCUT2D eigenvalue weighted by Gasteiger charge is 2.40. The molecule has 0 unspecified atom stereocenters. The van der Waals surface area contributed by atoms with Crippen molar-refractivity contribution in [3.05, 3.63) is 53.6 Å². The van der Waals surface area contributed by atoms with Crippen molar-refractivity contribution in [2.45, 2.75) is 36.7 Å². The lowest BCUT2D eigenvalue weighted by atomic mass is 10.2. The van der Waals surface area contributed by atoms with Crippen molar-refractivity contribution in [3.63, 3.8) is 0 Å². The first kappa shape index (κ1) is 22.4. The summed E-state index contributed by atoms with van der Waals surface area (Å²) in [4.78, 5) is 12.5. The molecular formula is C21H25ClN2O5S. The van der Waals surface area contributed by atoms with Crippen LogP contribution in [0.5, 0.6) is 11.5 Å². The molecule has 2 heterocycles. The molecule has 0 aliphatic carbocycles. The number of sulfonamides is 1. The van der Waals surface area contributed by atoms with Crippen LogP contribution in [0.2, 0.25) is 0 Å². The Hall–Kier alpha value is -2.29. The van der Waals surface area contributed by atoms with Crippen molar-refractivity contribution in [2.24, 2.45) is 0 Å². The summed E-state index contributed by atoms with van der Waals surface area (Å²) in [7, 11) is -3.70. The van der Waals surface area contributed by atoms with Crippen LogP contribution in [0.15, 0.2) is 47.4 Å². The number of aromatic hydroxyl groups is 1. The molecular weight excluding hydrogens is 430 g/mol. The molecule has 0 saturated carbocycles. The van der Waals surface area contributed by atoms with Crippen LogP contribution in [0.1, 0.15) is 35.2 Å². The van der Waals surface area contributed by atoms with E-state index in [4.69, 9.17) is 4.74 Å². The Morgan fingerprint density at radius 3 is 2.80 bits per heavy atom. The number of hydrogen-bond acceptors (Lipinski definition) is 5. The van der Waals surface area contributed by atoms with Gasteiger partial charge >= 0.3 is 0 Å². The number of aryl methyl sites for hydroxylation is 1. The summed E-state index contributed by atoms with van der Waals surface area (Å²) >= 11 is 0. The van der Waals surface area contributed by atoms with Gasteiger partial charge in [-0.25, -0.2) is 12.7 Å². The third-order valence-electron chi connectivity index (χ3n) is 5.43. The molecule has 7 nitrogen and oxygen atoms in total. The molecule has 2 aromatic carbocycles. The number of nitrogens with two attached hydrogens (primary N) is 1. The number of quaternary nitrogens is 1. The molecule has 162 valence electrons. The first-order valence-electron chi connectivity index (χ1n) is 9.93. The van der Waals surface area contributed by atoms with Gasteiger partial charge in [0.2, 0.25) is 0 Å². The molecule has 0 bridgehead atoms. The van der Waals surface area contributed by atoms with Gasteiger partial charge in [-0.1, -0.05) is 12.1 Å². The number of fused-ring (bicyclic) bond motifs is 2. The maximum Gasteiger partial charge on any atom is 0.269 e. The van der Waals surface area contributed by atoms with E-state index in [9.17, 15) is 18.3 Å². The van der Waals surface area contributed by atoms with E-state index in [-0.39, 0.29) is 41.3 Å². The number of nitrogens with zero attached hydrogens (tertiary/aromatic N) is 1. The molecule has 0 fully saturated rings. The molecule has 1 amide bonds. The summed E-state index contributed by atoms with van der Waals surface area (Å²) in [6, 6.07) is 11.6. The lowest BCUT2D eigenvalue weighted by molar-refractivity contribution is -0.660. The van der Waals surface area contributed by atoms with Crippen molar-refractivity contribution in [1.29, 1.82) is 0 Å². The highest BCUT2D eigenvalue weighted by atomic mass is 35.5. The van der Waals surface area contributed by atoms with Crippen LogP contribution in [-0.2, 0) is 16.4 Å². The SMILES string of the molecule is O=C1c2ccccc2S(=O)(=O)N1CCCC[NH2+]C[C@H]1C[14CH2]c2cc(O)ccc2O1.[Cl-]. The minimum Gasteiger partial charge on any atom is -1.00 e. The third-order valence-corrected chi connectivity index (χ3v) is 7.27. The Kier molecular flexibility index (Phi) is 6.90. The quantitative estimate of drug-likeness (QED) is 0.485. The minimum absolute atomic E-state index is 0. The molecule has 9 heteroatoms. The van der Waals surface area contributed by atoms with Gasteiger partial charge in [0.1, 0.15) is 29.0 Å². The third kappa shape index (κ3) is 4.40. The Balaban J connectivity index is 0.00000256. The number of benzene rings is 2. The van der Waals surface area contributed by atoms with Crippen LogP contribution in [0.3, 0.4) is 0 Å². The predicted molar refractivity (Wildman–Crippen MR) is 106 cm³/mol. The summed E-state index contributed by atoms with van der Waals surface area (Å²) in [6.45, 7) is 1.88. The second-order valence-electron chi connectivity index (χ2n) is 7.47. The number of phenols is 1. The Morgan fingerprint density at radius 2 is 2.00 bits per heavy atom. The predicted octanol–water partition coefficient (Wildman–Crippen LogP) is -1.72. The average Bonchev–Trinajstić information content (AvgIpc) is 2.91. The molecule has 2 aromatic rings. The van der Waals surface area contributed by atoms with Crippen LogP contribution < -0.4 is 22.5 Å². The van der Waals surface area contributed by atoms with Gasteiger partial charge in [-0.3, -0.25) is 4.79 Å². The van der Waals surface area contributed by atoms with Gasteiger partial charge < -0.3 is 27.6 Å². The van der Waals surface area contributed by atoms with Gasteiger partial charge in [0.25, 0.3) is 15.9 Å². The molecule has 0 radical (unpaired) electrons. The molecule has 0 aromatic heterocycles. The van der Waals surface area contributed by atoms with E-state index in [0.29, 0.717) is 6.42 Å². The number of ether oxygens (including phenoxy) is 1. The number of carbonyl (C=O) groups excluding carboxylic acids is 1. The first-order valence-corrected chi connectivity index (χ1v) is 11.4. The summed E-state index contributed by atoms with van der Waals surface area (Å²) < 4.78 is 32.0. The van der Waals surface area contributed by atoms with Crippen molar-refractivity contribution >= 4 is 15.9 Å². The van der Waals surface area contributed by atoms with Gasteiger partial charge in [-0.2, -0.15) is 0 Å². The maximum absolute atomic E-state index is 12.5. The summed E-state index contributed by atoms with van der Waals surface area (Å²) in [5.74, 6) is 0.675. The fourth-order valence-corrected chi connectivity index (χ4v) is 5.50. The Morgan fingerprint density at radius 1 is 1.20 bits per heavy atom. The topological polar surface area (TPSA) is 101 Å². The molecule has 2 aliphatic rings.